The Kier molecular flexibility index (Phi) is 5.38. The summed E-state index contributed by atoms with van der Waals surface area (Å²) >= 11 is 6.05. The van der Waals surface area contributed by atoms with Crippen LogP contribution in [0, 0.1) is 5.92 Å². The maximum Gasteiger partial charge on any atom is 0.226 e. The average Bonchev–Trinajstić information content (AvgIpc) is 2.79. The van der Waals surface area contributed by atoms with Crippen molar-refractivity contribution >= 4 is 17.5 Å². The van der Waals surface area contributed by atoms with Crippen molar-refractivity contribution in [2.24, 2.45) is 13.0 Å². The van der Waals surface area contributed by atoms with E-state index in [2.05, 4.69) is 26.9 Å². The van der Waals surface area contributed by atoms with Crippen LogP contribution in [0.3, 0.4) is 0 Å². The van der Waals surface area contributed by atoms with E-state index in [1.54, 1.807) is 6.20 Å². The van der Waals surface area contributed by atoms with Crippen LogP contribution in [0.1, 0.15) is 31.5 Å². The molecule has 1 aromatic rings. The van der Waals surface area contributed by atoms with Crippen molar-refractivity contribution in [1.82, 2.24) is 19.4 Å². The second kappa shape index (κ2) is 7.49. The van der Waals surface area contributed by atoms with Gasteiger partial charge in [0.2, 0.25) is 5.91 Å². The third-order valence-corrected chi connectivity index (χ3v) is 5.26. The molecule has 1 saturated heterocycles. The van der Waals surface area contributed by atoms with Crippen LogP contribution in [0.5, 0.6) is 0 Å². The molecule has 0 radical (unpaired) electrons. The second-order valence-electron chi connectivity index (χ2n) is 6.49. The first-order valence-corrected chi connectivity index (χ1v) is 8.85. The number of nitrogens with zero attached hydrogens (tertiary/aromatic N) is 4. The molecular formula is C17H25ClN4O. The molecule has 2 aliphatic rings. The van der Waals surface area contributed by atoms with Crippen LogP contribution >= 0.6 is 11.6 Å². The van der Waals surface area contributed by atoms with Gasteiger partial charge in [-0.3, -0.25) is 9.69 Å². The largest absolute Gasteiger partial charge is 0.341 e. The third-order valence-electron chi connectivity index (χ3n) is 4.91. The molecule has 3 rings (SSSR count). The van der Waals surface area contributed by atoms with Crippen LogP contribution in [0.4, 0.5) is 0 Å². The lowest BCUT2D eigenvalue weighted by atomic mass is 9.93. The van der Waals surface area contributed by atoms with E-state index in [0.29, 0.717) is 11.1 Å². The summed E-state index contributed by atoms with van der Waals surface area (Å²) in [5.74, 6) is 1.52. The highest BCUT2D eigenvalue weighted by Gasteiger charge is 2.26. The summed E-state index contributed by atoms with van der Waals surface area (Å²) in [6.45, 7) is 4.38. The molecule has 23 heavy (non-hydrogen) atoms. The SMILES string of the molecule is Cn1c(Cl)cnc1CN1CCCN(C(=O)C2CC=CCC2)CC1. The van der Waals surface area contributed by atoms with Gasteiger partial charge in [-0.15, -0.1) is 0 Å². The van der Waals surface area contributed by atoms with Gasteiger partial charge < -0.3 is 9.47 Å². The van der Waals surface area contributed by atoms with E-state index in [4.69, 9.17) is 11.6 Å². The van der Waals surface area contributed by atoms with E-state index in [1.807, 2.05) is 11.6 Å². The average molecular weight is 337 g/mol. The van der Waals surface area contributed by atoms with Crippen LogP contribution in [-0.4, -0.2) is 51.4 Å². The molecular weight excluding hydrogens is 312 g/mol. The van der Waals surface area contributed by atoms with Crippen molar-refractivity contribution in [3.63, 3.8) is 0 Å². The van der Waals surface area contributed by atoms with Crippen LogP contribution in [0.2, 0.25) is 5.15 Å². The zero-order valence-corrected chi connectivity index (χ0v) is 14.5. The molecule has 0 saturated carbocycles. The summed E-state index contributed by atoms with van der Waals surface area (Å²) in [4.78, 5) is 21.5. The number of imidazole rings is 1. The summed E-state index contributed by atoms with van der Waals surface area (Å²) in [6, 6.07) is 0. The van der Waals surface area contributed by atoms with Crippen molar-refractivity contribution in [2.45, 2.75) is 32.2 Å². The molecule has 5 nitrogen and oxygen atoms in total. The molecule has 2 heterocycles. The Morgan fingerprint density at radius 2 is 2.17 bits per heavy atom. The number of amides is 1. The fourth-order valence-corrected chi connectivity index (χ4v) is 3.54. The first kappa shape index (κ1) is 16.5. The maximum atomic E-state index is 12.7. The molecule has 1 unspecified atom stereocenters. The molecule has 0 bridgehead atoms. The molecule has 6 heteroatoms. The van der Waals surface area contributed by atoms with Crippen molar-refractivity contribution in [3.8, 4) is 0 Å². The Hall–Kier alpha value is -1.33. The lowest BCUT2D eigenvalue weighted by Crippen LogP contribution is -2.39. The number of allylic oxidation sites excluding steroid dienone is 2. The number of carbonyl (C=O) groups excluding carboxylic acids is 1. The monoisotopic (exact) mass is 336 g/mol. The van der Waals surface area contributed by atoms with Gasteiger partial charge in [-0.1, -0.05) is 23.8 Å². The Morgan fingerprint density at radius 1 is 1.30 bits per heavy atom. The molecule has 0 N–H and O–H groups in total. The fourth-order valence-electron chi connectivity index (χ4n) is 3.40. The molecule has 0 spiro atoms. The molecule has 1 amide bonds. The quantitative estimate of drug-likeness (QED) is 0.796. The Balaban J connectivity index is 1.55. The van der Waals surface area contributed by atoms with E-state index < -0.39 is 0 Å². The zero-order valence-electron chi connectivity index (χ0n) is 13.7. The number of hydrogen-bond acceptors (Lipinski definition) is 3. The highest BCUT2D eigenvalue weighted by atomic mass is 35.5. The third kappa shape index (κ3) is 3.96. The van der Waals surface area contributed by atoms with Crippen molar-refractivity contribution in [1.29, 1.82) is 0 Å². The summed E-state index contributed by atoms with van der Waals surface area (Å²) in [6.07, 6.45) is 10.0. The lowest BCUT2D eigenvalue weighted by Gasteiger charge is -2.27. The smallest absolute Gasteiger partial charge is 0.226 e. The predicted molar refractivity (Wildman–Crippen MR) is 91.2 cm³/mol. The van der Waals surface area contributed by atoms with Gasteiger partial charge in [0.1, 0.15) is 11.0 Å². The maximum absolute atomic E-state index is 12.7. The van der Waals surface area contributed by atoms with Gasteiger partial charge in [0.15, 0.2) is 0 Å². The normalized spacial score (nSPS) is 23.0. The van der Waals surface area contributed by atoms with E-state index in [-0.39, 0.29) is 5.92 Å². The van der Waals surface area contributed by atoms with Gasteiger partial charge in [0, 0.05) is 39.1 Å². The molecule has 1 aliphatic heterocycles. The van der Waals surface area contributed by atoms with Crippen LogP contribution in [-0.2, 0) is 18.4 Å². The molecule has 1 aliphatic carbocycles. The minimum absolute atomic E-state index is 0.194. The van der Waals surface area contributed by atoms with Crippen LogP contribution in [0.25, 0.3) is 0 Å². The summed E-state index contributed by atoms with van der Waals surface area (Å²) in [7, 11) is 1.94. The minimum atomic E-state index is 0.194. The number of aromatic nitrogens is 2. The van der Waals surface area contributed by atoms with E-state index in [9.17, 15) is 4.79 Å². The topological polar surface area (TPSA) is 41.4 Å². The Morgan fingerprint density at radius 3 is 2.87 bits per heavy atom. The van der Waals surface area contributed by atoms with Crippen LogP contribution < -0.4 is 0 Å². The number of carbonyl (C=O) groups is 1. The Labute approximate surface area is 142 Å². The van der Waals surface area contributed by atoms with E-state index in [0.717, 1.165) is 64.2 Å². The molecule has 126 valence electrons. The predicted octanol–water partition coefficient (Wildman–Crippen LogP) is 2.46. The second-order valence-corrected chi connectivity index (χ2v) is 6.88. The number of hydrogen-bond donors (Lipinski definition) is 0. The van der Waals surface area contributed by atoms with Crippen molar-refractivity contribution in [3.05, 3.63) is 29.3 Å². The fraction of sp³-hybridized carbons (Fsp3) is 0.647. The van der Waals surface area contributed by atoms with Gasteiger partial charge >= 0.3 is 0 Å². The first-order chi connectivity index (χ1) is 11.1. The van der Waals surface area contributed by atoms with Gasteiger partial charge in [0.05, 0.1) is 12.7 Å². The summed E-state index contributed by atoms with van der Waals surface area (Å²) in [5.41, 5.74) is 0. The summed E-state index contributed by atoms with van der Waals surface area (Å²) < 4.78 is 1.92. The van der Waals surface area contributed by atoms with E-state index in [1.165, 1.54) is 0 Å². The molecule has 1 fully saturated rings. The minimum Gasteiger partial charge on any atom is -0.341 e. The highest BCUT2D eigenvalue weighted by Crippen LogP contribution is 2.21. The number of halogens is 1. The molecule has 1 atom stereocenters. The zero-order chi connectivity index (χ0) is 16.2. The highest BCUT2D eigenvalue weighted by molar-refractivity contribution is 6.29. The van der Waals surface area contributed by atoms with Gasteiger partial charge in [-0.2, -0.15) is 0 Å². The van der Waals surface area contributed by atoms with Crippen LogP contribution in [0.15, 0.2) is 18.3 Å². The van der Waals surface area contributed by atoms with Gasteiger partial charge in [0.25, 0.3) is 0 Å². The summed E-state index contributed by atoms with van der Waals surface area (Å²) in [5, 5.41) is 0.664. The first-order valence-electron chi connectivity index (χ1n) is 8.47. The Bertz CT molecular complexity index is 583. The van der Waals surface area contributed by atoms with Gasteiger partial charge in [-0.25, -0.2) is 4.98 Å². The van der Waals surface area contributed by atoms with Crippen molar-refractivity contribution in [2.75, 3.05) is 26.2 Å². The standard InChI is InChI=1S/C17H25ClN4O/c1-20-15(18)12-19-16(20)13-21-8-5-9-22(11-10-21)17(23)14-6-3-2-4-7-14/h2-3,12,14H,4-11,13H2,1H3. The van der Waals surface area contributed by atoms with Gasteiger partial charge in [-0.05, 0) is 25.7 Å². The van der Waals surface area contributed by atoms with E-state index >= 15 is 0 Å². The lowest BCUT2D eigenvalue weighted by molar-refractivity contribution is -0.135. The molecule has 0 aromatic carbocycles. The number of rotatable bonds is 3. The molecule has 1 aromatic heterocycles. The van der Waals surface area contributed by atoms with Crippen molar-refractivity contribution < 1.29 is 4.79 Å².